The van der Waals surface area contributed by atoms with Crippen LogP contribution >= 0.6 is 23.1 Å². The van der Waals surface area contributed by atoms with Crippen molar-refractivity contribution in [3.8, 4) is 11.5 Å². The largest absolute Gasteiger partial charge is 0.493 e. The third-order valence-corrected chi connectivity index (χ3v) is 5.00. The van der Waals surface area contributed by atoms with Crippen LogP contribution in [-0.4, -0.2) is 32.0 Å². The van der Waals surface area contributed by atoms with E-state index in [0.29, 0.717) is 0 Å². The summed E-state index contributed by atoms with van der Waals surface area (Å²) in [7, 11) is 5.26. The van der Waals surface area contributed by atoms with Crippen LogP contribution in [0, 0.1) is 0 Å². The molecule has 108 valence electrons. The second-order valence-corrected chi connectivity index (χ2v) is 6.23. The van der Waals surface area contributed by atoms with Crippen LogP contribution in [0.2, 0.25) is 0 Å². The molecule has 1 heterocycles. The molecule has 1 aromatic carbocycles. The first-order valence-electron chi connectivity index (χ1n) is 6.20. The lowest BCUT2D eigenvalue weighted by molar-refractivity contribution is 0.354. The van der Waals surface area contributed by atoms with E-state index in [2.05, 4.69) is 16.4 Å². The van der Waals surface area contributed by atoms with Gasteiger partial charge in [0.1, 0.15) is 4.34 Å². The molecule has 1 N–H and O–H groups in total. The lowest BCUT2D eigenvalue weighted by Gasteiger charge is -2.17. The third-order valence-electron chi connectivity index (χ3n) is 2.94. The van der Waals surface area contributed by atoms with Crippen LogP contribution in [0.5, 0.6) is 11.5 Å². The summed E-state index contributed by atoms with van der Waals surface area (Å²) in [6.45, 7) is 0. The molecule has 0 saturated heterocycles. The molecule has 1 aromatic heterocycles. The van der Waals surface area contributed by atoms with Crippen LogP contribution in [0.25, 0.3) is 0 Å². The van der Waals surface area contributed by atoms with Gasteiger partial charge in [0.25, 0.3) is 0 Å². The summed E-state index contributed by atoms with van der Waals surface area (Å²) in [6, 6.07) is 6.25. The molecule has 0 aliphatic carbocycles. The SMILES string of the molecule is CNC(CSc1nccs1)c1ccc(OC)c(OC)c1. The van der Waals surface area contributed by atoms with E-state index >= 15 is 0 Å². The van der Waals surface area contributed by atoms with Crippen molar-refractivity contribution in [2.75, 3.05) is 27.0 Å². The van der Waals surface area contributed by atoms with Gasteiger partial charge in [0.2, 0.25) is 0 Å². The fraction of sp³-hybridized carbons (Fsp3) is 0.357. The van der Waals surface area contributed by atoms with Gasteiger partial charge in [-0.05, 0) is 24.7 Å². The van der Waals surface area contributed by atoms with Crippen molar-refractivity contribution in [3.63, 3.8) is 0 Å². The van der Waals surface area contributed by atoms with E-state index in [0.717, 1.165) is 21.6 Å². The monoisotopic (exact) mass is 310 g/mol. The van der Waals surface area contributed by atoms with Gasteiger partial charge >= 0.3 is 0 Å². The van der Waals surface area contributed by atoms with Crippen molar-refractivity contribution in [3.05, 3.63) is 35.3 Å². The Morgan fingerprint density at radius 1 is 1.30 bits per heavy atom. The van der Waals surface area contributed by atoms with Crippen molar-refractivity contribution < 1.29 is 9.47 Å². The van der Waals surface area contributed by atoms with Gasteiger partial charge in [0.15, 0.2) is 11.5 Å². The second kappa shape index (κ2) is 7.52. The summed E-state index contributed by atoms with van der Waals surface area (Å²) in [5.74, 6) is 2.42. The van der Waals surface area contributed by atoms with Crippen LogP contribution in [0.4, 0.5) is 0 Å². The molecule has 0 radical (unpaired) electrons. The maximum atomic E-state index is 5.35. The molecule has 0 aliphatic heterocycles. The Morgan fingerprint density at radius 2 is 2.10 bits per heavy atom. The average Bonchev–Trinajstić information content (AvgIpc) is 3.01. The zero-order chi connectivity index (χ0) is 14.4. The number of methoxy groups -OCH3 is 2. The minimum atomic E-state index is 0.240. The lowest BCUT2D eigenvalue weighted by Crippen LogP contribution is -2.18. The summed E-state index contributed by atoms with van der Waals surface area (Å²) in [6.07, 6.45) is 1.83. The molecular weight excluding hydrogens is 292 g/mol. The molecular formula is C14H18N2O2S2. The molecule has 2 aromatic rings. The Bertz CT molecular complexity index is 532. The number of thiazole rings is 1. The topological polar surface area (TPSA) is 43.4 Å². The third kappa shape index (κ3) is 3.65. The molecule has 0 amide bonds. The van der Waals surface area contributed by atoms with Gasteiger partial charge in [-0.3, -0.25) is 0 Å². The number of hydrogen-bond acceptors (Lipinski definition) is 6. The van der Waals surface area contributed by atoms with Gasteiger partial charge in [-0.25, -0.2) is 4.98 Å². The number of nitrogens with zero attached hydrogens (tertiary/aromatic N) is 1. The van der Waals surface area contributed by atoms with E-state index in [1.165, 1.54) is 5.56 Å². The molecule has 6 heteroatoms. The van der Waals surface area contributed by atoms with Crippen LogP contribution < -0.4 is 14.8 Å². The van der Waals surface area contributed by atoms with E-state index < -0.39 is 0 Å². The molecule has 0 saturated carbocycles. The highest BCUT2D eigenvalue weighted by molar-refractivity contribution is 8.01. The molecule has 0 bridgehead atoms. The standard InChI is InChI=1S/C14H18N2O2S2/c1-15-11(9-20-14-16-6-7-19-14)10-4-5-12(17-2)13(8-10)18-3/h4-8,11,15H,9H2,1-3H3. The molecule has 20 heavy (non-hydrogen) atoms. The van der Waals surface area contributed by atoms with Crippen molar-refractivity contribution in [1.82, 2.24) is 10.3 Å². The summed E-state index contributed by atoms with van der Waals surface area (Å²) in [4.78, 5) is 4.29. The van der Waals surface area contributed by atoms with Gasteiger partial charge in [-0.2, -0.15) is 0 Å². The van der Waals surface area contributed by atoms with E-state index in [1.807, 2.05) is 30.8 Å². The zero-order valence-corrected chi connectivity index (χ0v) is 13.4. The summed E-state index contributed by atoms with van der Waals surface area (Å²) < 4.78 is 11.7. The van der Waals surface area contributed by atoms with Crippen LogP contribution in [0.1, 0.15) is 11.6 Å². The summed E-state index contributed by atoms with van der Waals surface area (Å²) in [5, 5.41) is 5.32. The minimum Gasteiger partial charge on any atom is -0.493 e. The Morgan fingerprint density at radius 3 is 2.70 bits per heavy atom. The number of rotatable bonds is 7. The molecule has 0 spiro atoms. The molecule has 4 nitrogen and oxygen atoms in total. The number of aromatic nitrogens is 1. The highest BCUT2D eigenvalue weighted by Crippen LogP contribution is 2.32. The number of hydrogen-bond donors (Lipinski definition) is 1. The van der Waals surface area contributed by atoms with Crippen LogP contribution in [0.15, 0.2) is 34.1 Å². The first-order valence-corrected chi connectivity index (χ1v) is 8.06. The first kappa shape index (κ1) is 15.2. The van der Waals surface area contributed by atoms with Crippen LogP contribution in [0.3, 0.4) is 0 Å². The van der Waals surface area contributed by atoms with Gasteiger partial charge in [-0.15, -0.1) is 11.3 Å². The Kier molecular flexibility index (Phi) is 5.70. The molecule has 1 unspecified atom stereocenters. The van der Waals surface area contributed by atoms with E-state index in [-0.39, 0.29) is 6.04 Å². The van der Waals surface area contributed by atoms with Gasteiger partial charge in [0, 0.05) is 23.4 Å². The number of benzene rings is 1. The van der Waals surface area contributed by atoms with Crippen molar-refractivity contribution in [2.24, 2.45) is 0 Å². The van der Waals surface area contributed by atoms with Gasteiger partial charge in [0.05, 0.1) is 14.2 Å². The van der Waals surface area contributed by atoms with E-state index in [4.69, 9.17) is 9.47 Å². The minimum absolute atomic E-state index is 0.240. The quantitative estimate of drug-likeness (QED) is 0.796. The number of ether oxygens (including phenoxy) is 2. The Balaban J connectivity index is 2.10. The predicted octanol–water partition coefficient (Wildman–Crippen LogP) is 3.21. The average molecular weight is 310 g/mol. The predicted molar refractivity (Wildman–Crippen MR) is 84.2 cm³/mol. The highest BCUT2D eigenvalue weighted by Gasteiger charge is 2.13. The van der Waals surface area contributed by atoms with Crippen molar-refractivity contribution in [2.45, 2.75) is 10.4 Å². The van der Waals surface area contributed by atoms with E-state index in [1.54, 1.807) is 37.3 Å². The van der Waals surface area contributed by atoms with E-state index in [9.17, 15) is 0 Å². The first-order chi connectivity index (χ1) is 9.78. The fourth-order valence-corrected chi connectivity index (χ4v) is 3.66. The Labute approximate surface area is 127 Å². The maximum absolute atomic E-state index is 5.35. The van der Waals surface area contributed by atoms with Gasteiger partial charge < -0.3 is 14.8 Å². The number of nitrogens with one attached hydrogen (secondary N) is 1. The molecule has 1 atom stereocenters. The molecule has 2 rings (SSSR count). The highest BCUT2D eigenvalue weighted by atomic mass is 32.2. The normalized spacial score (nSPS) is 12.2. The van der Waals surface area contributed by atoms with Crippen LogP contribution in [-0.2, 0) is 0 Å². The molecule has 0 fully saturated rings. The zero-order valence-electron chi connectivity index (χ0n) is 11.8. The van der Waals surface area contributed by atoms with Gasteiger partial charge in [-0.1, -0.05) is 17.8 Å². The second-order valence-electron chi connectivity index (χ2n) is 4.06. The van der Waals surface area contributed by atoms with Crippen molar-refractivity contribution >= 4 is 23.1 Å². The summed E-state index contributed by atoms with van der Waals surface area (Å²) in [5.41, 5.74) is 1.18. The molecule has 0 aliphatic rings. The maximum Gasteiger partial charge on any atom is 0.161 e. The smallest absolute Gasteiger partial charge is 0.161 e. The Hall–Kier alpha value is -1.24. The number of thioether (sulfide) groups is 1. The lowest BCUT2D eigenvalue weighted by atomic mass is 10.1. The fourth-order valence-electron chi connectivity index (χ4n) is 1.85. The summed E-state index contributed by atoms with van der Waals surface area (Å²) >= 11 is 3.41. The van der Waals surface area contributed by atoms with Crippen molar-refractivity contribution in [1.29, 1.82) is 0 Å².